The molecule has 1 N–H and O–H groups in total. The number of nitrogens with zero attached hydrogens (tertiary/aromatic N) is 1. The van der Waals surface area contributed by atoms with Crippen molar-refractivity contribution in [1.82, 2.24) is 5.32 Å². The summed E-state index contributed by atoms with van der Waals surface area (Å²) in [6.45, 7) is 5.05. The van der Waals surface area contributed by atoms with Crippen LogP contribution in [0.5, 0.6) is 0 Å². The van der Waals surface area contributed by atoms with Crippen molar-refractivity contribution in [2.75, 3.05) is 33.5 Å². The molecule has 0 aromatic heterocycles. The van der Waals surface area contributed by atoms with Crippen LogP contribution >= 0.6 is 0 Å². The van der Waals surface area contributed by atoms with Gasteiger partial charge in [0.25, 0.3) is 0 Å². The van der Waals surface area contributed by atoms with E-state index in [1.54, 1.807) is 7.11 Å². The molecule has 0 saturated carbocycles. The topological polar surface area (TPSA) is 54.3 Å². The molecule has 4 nitrogen and oxygen atoms in total. The maximum Gasteiger partial charge on any atom is 0.0975 e. The number of nitriles is 1. The van der Waals surface area contributed by atoms with Crippen LogP contribution in [0.15, 0.2) is 0 Å². The summed E-state index contributed by atoms with van der Waals surface area (Å²) >= 11 is 0. The second-order valence-corrected chi connectivity index (χ2v) is 3.38. The molecule has 88 valence electrons. The molecule has 0 aliphatic heterocycles. The van der Waals surface area contributed by atoms with Crippen molar-refractivity contribution in [3.63, 3.8) is 0 Å². The summed E-state index contributed by atoms with van der Waals surface area (Å²) in [5.74, 6) is 0. The van der Waals surface area contributed by atoms with Gasteiger partial charge in [-0.05, 0) is 25.8 Å². The molecule has 0 fully saturated rings. The number of hydrogen-bond donors (Lipinski definition) is 1. The molecule has 0 aromatic rings. The Morgan fingerprint density at radius 3 is 2.73 bits per heavy atom. The average molecular weight is 214 g/mol. The largest absolute Gasteiger partial charge is 0.385 e. The van der Waals surface area contributed by atoms with Gasteiger partial charge in [0, 0.05) is 26.9 Å². The monoisotopic (exact) mass is 214 g/mol. The van der Waals surface area contributed by atoms with E-state index in [2.05, 4.69) is 18.3 Å². The molecule has 0 amide bonds. The number of hydrogen-bond acceptors (Lipinski definition) is 4. The molecule has 0 saturated heterocycles. The van der Waals surface area contributed by atoms with E-state index >= 15 is 0 Å². The molecule has 0 rings (SSSR count). The minimum absolute atomic E-state index is 0.0765. The van der Waals surface area contributed by atoms with Crippen molar-refractivity contribution in [3.05, 3.63) is 0 Å². The molecule has 4 heteroatoms. The van der Waals surface area contributed by atoms with E-state index in [0.29, 0.717) is 13.2 Å². The predicted octanol–water partition coefficient (Wildman–Crippen LogP) is 1.32. The highest BCUT2D eigenvalue weighted by Crippen LogP contribution is 1.93. The minimum atomic E-state index is -0.0765. The van der Waals surface area contributed by atoms with Crippen molar-refractivity contribution in [3.8, 4) is 6.07 Å². The summed E-state index contributed by atoms with van der Waals surface area (Å²) in [6, 6.07) is 2.15. The van der Waals surface area contributed by atoms with Gasteiger partial charge in [0.15, 0.2) is 0 Å². The van der Waals surface area contributed by atoms with Crippen molar-refractivity contribution in [1.29, 1.82) is 5.26 Å². The molecule has 1 atom stereocenters. The van der Waals surface area contributed by atoms with Gasteiger partial charge in [-0.2, -0.15) is 5.26 Å². The Bertz CT molecular complexity index is 168. The van der Waals surface area contributed by atoms with Gasteiger partial charge >= 0.3 is 0 Å². The zero-order valence-electron chi connectivity index (χ0n) is 9.79. The Balaban J connectivity index is 3.27. The summed E-state index contributed by atoms with van der Waals surface area (Å²) in [5, 5.41) is 12.0. The van der Waals surface area contributed by atoms with Crippen LogP contribution in [0.25, 0.3) is 0 Å². The Morgan fingerprint density at radius 2 is 2.13 bits per heavy atom. The van der Waals surface area contributed by atoms with E-state index < -0.39 is 0 Å². The van der Waals surface area contributed by atoms with E-state index in [1.165, 1.54) is 0 Å². The number of methoxy groups -OCH3 is 1. The lowest BCUT2D eigenvalue weighted by Crippen LogP contribution is -2.29. The lowest BCUT2D eigenvalue weighted by atomic mass is 10.2. The maximum absolute atomic E-state index is 8.81. The SMILES string of the molecule is CCCNC(C#N)CCOCCCOC. The Morgan fingerprint density at radius 1 is 1.33 bits per heavy atom. The zero-order valence-corrected chi connectivity index (χ0v) is 9.79. The predicted molar refractivity (Wildman–Crippen MR) is 59.6 cm³/mol. The van der Waals surface area contributed by atoms with Crippen molar-refractivity contribution in [2.45, 2.75) is 32.2 Å². The first-order valence-electron chi connectivity index (χ1n) is 5.54. The Kier molecular flexibility index (Phi) is 11.0. The van der Waals surface area contributed by atoms with Gasteiger partial charge < -0.3 is 14.8 Å². The van der Waals surface area contributed by atoms with E-state index in [1.807, 2.05) is 0 Å². The summed E-state index contributed by atoms with van der Waals surface area (Å²) < 4.78 is 10.3. The lowest BCUT2D eigenvalue weighted by Gasteiger charge is -2.10. The van der Waals surface area contributed by atoms with Crippen LogP contribution in [-0.4, -0.2) is 39.5 Å². The molecule has 0 spiro atoms. The molecule has 0 aromatic carbocycles. The molecule has 0 aliphatic rings. The highest BCUT2D eigenvalue weighted by Gasteiger charge is 2.04. The molecule has 0 radical (unpaired) electrons. The number of ether oxygens (including phenoxy) is 2. The molecule has 15 heavy (non-hydrogen) atoms. The van der Waals surface area contributed by atoms with E-state index in [0.717, 1.165) is 32.4 Å². The molecule has 1 unspecified atom stereocenters. The number of rotatable bonds is 10. The first kappa shape index (κ1) is 14.4. The van der Waals surface area contributed by atoms with Gasteiger partial charge in [-0.25, -0.2) is 0 Å². The van der Waals surface area contributed by atoms with Gasteiger partial charge in [0.2, 0.25) is 0 Å². The van der Waals surface area contributed by atoms with E-state index in [4.69, 9.17) is 14.7 Å². The quantitative estimate of drug-likeness (QED) is 0.557. The van der Waals surface area contributed by atoms with Crippen LogP contribution in [0.4, 0.5) is 0 Å². The average Bonchev–Trinajstić information content (AvgIpc) is 2.27. The summed E-state index contributed by atoms with van der Waals surface area (Å²) in [5.41, 5.74) is 0. The normalized spacial score (nSPS) is 12.3. The summed E-state index contributed by atoms with van der Waals surface area (Å²) in [7, 11) is 1.68. The van der Waals surface area contributed by atoms with Gasteiger partial charge in [-0.1, -0.05) is 6.92 Å². The highest BCUT2D eigenvalue weighted by molar-refractivity contribution is 4.89. The zero-order chi connectivity index (χ0) is 11.4. The van der Waals surface area contributed by atoms with Crippen molar-refractivity contribution >= 4 is 0 Å². The first-order valence-corrected chi connectivity index (χ1v) is 5.54. The molecule has 0 heterocycles. The van der Waals surface area contributed by atoms with Crippen LogP contribution in [0.1, 0.15) is 26.2 Å². The van der Waals surface area contributed by atoms with E-state index in [9.17, 15) is 0 Å². The summed E-state index contributed by atoms with van der Waals surface area (Å²) in [6.07, 6.45) is 2.71. The Labute approximate surface area is 92.6 Å². The molecular formula is C11H22N2O2. The van der Waals surface area contributed by atoms with E-state index in [-0.39, 0.29) is 6.04 Å². The summed E-state index contributed by atoms with van der Waals surface area (Å²) in [4.78, 5) is 0. The second-order valence-electron chi connectivity index (χ2n) is 3.38. The third-order valence-corrected chi connectivity index (χ3v) is 1.98. The fourth-order valence-electron chi connectivity index (χ4n) is 1.14. The molecular weight excluding hydrogens is 192 g/mol. The highest BCUT2D eigenvalue weighted by atomic mass is 16.5. The smallest absolute Gasteiger partial charge is 0.0975 e. The second kappa shape index (κ2) is 11.4. The first-order chi connectivity index (χ1) is 7.35. The van der Waals surface area contributed by atoms with Crippen LogP contribution in [0.2, 0.25) is 0 Å². The van der Waals surface area contributed by atoms with Crippen molar-refractivity contribution < 1.29 is 9.47 Å². The third-order valence-electron chi connectivity index (χ3n) is 1.98. The standard InChI is InChI=1S/C11H22N2O2/c1-3-6-13-11(10-12)5-9-15-8-4-7-14-2/h11,13H,3-9H2,1-2H3. The van der Waals surface area contributed by atoms with Crippen LogP contribution in [-0.2, 0) is 9.47 Å². The van der Waals surface area contributed by atoms with Crippen LogP contribution in [0, 0.1) is 11.3 Å². The van der Waals surface area contributed by atoms with Crippen LogP contribution < -0.4 is 5.32 Å². The fourth-order valence-corrected chi connectivity index (χ4v) is 1.14. The molecule has 0 aliphatic carbocycles. The van der Waals surface area contributed by atoms with Gasteiger partial charge in [0.1, 0.15) is 0 Å². The van der Waals surface area contributed by atoms with Gasteiger partial charge in [-0.3, -0.25) is 0 Å². The maximum atomic E-state index is 8.81. The van der Waals surface area contributed by atoms with Crippen LogP contribution in [0.3, 0.4) is 0 Å². The van der Waals surface area contributed by atoms with Gasteiger partial charge in [0.05, 0.1) is 12.1 Å². The lowest BCUT2D eigenvalue weighted by molar-refractivity contribution is 0.0989. The minimum Gasteiger partial charge on any atom is -0.385 e. The van der Waals surface area contributed by atoms with Gasteiger partial charge in [-0.15, -0.1) is 0 Å². The Hall–Kier alpha value is -0.630. The molecule has 0 bridgehead atoms. The van der Waals surface area contributed by atoms with Crippen molar-refractivity contribution in [2.24, 2.45) is 0 Å². The number of nitrogens with one attached hydrogen (secondary N) is 1. The fraction of sp³-hybridized carbons (Fsp3) is 0.909. The third kappa shape index (κ3) is 9.67.